The highest BCUT2D eigenvalue weighted by molar-refractivity contribution is 9.11. The molecule has 0 bridgehead atoms. The van der Waals surface area contributed by atoms with E-state index in [4.69, 9.17) is 9.97 Å². The molecule has 10 nitrogen and oxygen atoms in total. The van der Waals surface area contributed by atoms with Gasteiger partial charge in [-0.1, -0.05) is 319 Å². The summed E-state index contributed by atoms with van der Waals surface area (Å²) in [6, 6.07) is 125. The van der Waals surface area contributed by atoms with Gasteiger partial charge in [-0.3, -0.25) is 0 Å². The van der Waals surface area contributed by atoms with Gasteiger partial charge in [-0.15, -0.1) is 22.7 Å². The molecule has 16 heteroatoms. The van der Waals surface area contributed by atoms with E-state index in [1.807, 2.05) is 139 Å². The first-order chi connectivity index (χ1) is 56.1. The Morgan fingerprint density at radius 1 is 0.175 bits per heavy atom. The lowest BCUT2D eigenvalue weighted by Crippen LogP contribution is -1.97. The van der Waals surface area contributed by atoms with Crippen LogP contribution in [0.5, 0.6) is 0 Å². The maximum absolute atomic E-state index is 5.18. The maximum atomic E-state index is 5.18. The molecule has 542 valence electrons. The van der Waals surface area contributed by atoms with Crippen LogP contribution in [0.4, 0.5) is 0 Å². The molecule has 0 unspecified atom stereocenters. The Morgan fingerprint density at radius 2 is 0.561 bits per heavy atom. The minimum absolute atomic E-state index is 0.536. The third kappa shape index (κ3) is 16.1. The summed E-state index contributed by atoms with van der Waals surface area (Å²) in [6.45, 7) is 0. The Hall–Kier alpha value is -12.4. The molecule has 6 heterocycles. The number of rotatable bonds is 10. The zero-order valence-corrected chi connectivity index (χ0v) is 68.4. The molecule has 6 aromatic heterocycles. The van der Waals surface area contributed by atoms with Crippen LogP contribution in [0.2, 0.25) is 0 Å². The predicted molar refractivity (Wildman–Crippen MR) is 487 cm³/mol. The van der Waals surface area contributed by atoms with Gasteiger partial charge in [0.1, 0.15) is 0 Å². The van der Waals surface area contributed by atoms with E-state index in [2.05, 4.69) is 340 Å². The Balaban J connectivity index is 0.000000110. The van der Waals surface area contributed by atoms with Crippen LogP contribution < -0.4 is 0 Å². The van der Waals surface area contributed by atoms with Gasteiger partial charge in [0.15, 0.2) is 33.9 Å². The first-order valence-corrected chi connectivity index (χ1v) is 41.5. The van der Waals surface area contributed by atoms with Gasteiger partial charge in [-0.25, -0.2) is 49.8 Å². The van der Waals surface area contributed by atoms with Crippen LogP contribution in [-0.4, -0.2) is 49.8 Å². The molecular weight excluding hydrogens is 1700 g/mol. The quantitative estimate of drug-likeness (QED) is 0.122. The second-order valence-corrected chi connectivity index (χ2v) is 32.0. The zero-order chi connectivity index (χ0) is 76.9. The molecule has 0 fully saturated rings. The number of aromatic nitrogens is 10. The van der Waals surface area contributed by atoms with Crippen molar-refractivity contribution in [3.8, 4) is 113 Å². The Kier molecular flexibility index (Phi) is 21.2. The molecule has 0 aliphatic carbocycles. The van der Waals surface area contributed by atoms with Crippen molar-refractivity contribution in [1.82, 2.24) is 49.8 Å². The molecule has 21 aromatic rings. The Labute approximate surface area is 698 Å². The number of benzene rings is 15. The first kappa shape index (κ1) is 73.1. The van der Waals surface area contributed by atoms with E-state index in [1.54, 1.807) is 11.3 Å². The molecule has 0 aliphatic heterocycles. The molecule has 114 heavy (non-hydrogen) atoms. The fourth-order valence-electron chi connectivity index (χ4n) is 14.0. The van der Waals surface area contributed by atoms with Crippen LogP contribution in [0.3, 0.4) is 0 Å². The summed E-state index contributed by atoms with van der Waals surface area (Å²) in [7, 11) is 0. The summed E-state index contributed by atoms with van der Waals surface area (Å²) in [5.74, 6) is 3.38. The first-order valence-electron chi connectivity index (χ1n) is 36.7. The Morgan fingerprint density at radius 3 is 1.23 bits per heavy atom. The van der Waals surface area contributed by atoms with Gasteiger partial charge in [0.05, 0.1) is 22.8 Å². The standard InChI is InChI=1S/C38H23BrN2S.C22H13BrN2S.2C19H12BrN3/c39-29-18-20-36-33(22-29)32-19-17-28(21-37(32)42-36)38-40-34(27-15-13-25(14-16-27)24-7-2-1-3-8-24)23-35(41-38)31-12-6-10-26-9-4-5-11-30(26)31;23-22-24-18(14-6-2-1-3-7-14)13-19(25-22)15-10-11-21-17(12-15)16-8-4-5-9-20(16)26-21;20-19-22-17(14-8-2-1-3-9-14)21-18(23-19)16-12-6-10-13-7-4-5-11-15(13)16;20-19-22-17(14-7-2-1-3-8-14)21-18(23-19)16-11-10-13-6-4-5-9-15(13)12-16/h1-23H;1-13H;2*1-12H. The number of nitrogens with zero attached hydrogens (tertiary/aromatic N) is 10. The molecule has 0 saturated heterocycles. The van der Waals surface area contributed by atoms with Gasteiger partial charge >= 0.3 is 0 Å². The van der Waals surface area contributed by atoms with E-state index in [0.717, 1.165) is 88.5 Å². The molecule has 0 spiro atoms. The lowest BCUT2D eigenvalue weighted by Gasteiger charge is -2.12. The van der Waals surface area contributed by atoms with Crippen LogP contribution in [0.1, 0.15) is 0 Å². The third-order valence-corrected chi connectivity index (χ3v) is 23.4. The SMILES string of the molecule is Brc1ccc2sc3cc(-c4nc(-c5ccc(-c6ccccc6)cc5)cc(-c5cccc6ccccc56)n4)ccc3c2c1.Brc1nc(-c2ccccc2)cc(-c2ccc3sc4ccccc4c3c2)n1.Brc1nc(-c2ccccc2)nc(-c2ccc3ccccc3c2)n1.Brc1nc(-c2ccccc2)nc(-c2cccc3ccccc23)n1. The van der Waals surface area contributed by atoms with Crippen molar-refractivity contribution in [3.63, 3.8) is 0 Å². The third-order valence-electron chi connectivity index (χ3n) is 19.5. The van der Waals surface area contributed by atoms with Crippen molar-refractivity contribution in [2.45, 2.75) is 0 Å². The fourth-order valence-corrected chi connectivity index (χ4v) is 17.6. The van der Waals surface area contributed by atoms with Crippen LogP contribution in [-0.2, 0) is 0 Å². The van der Waals surface area contributed by atoms with E-state index in [1.165, 1.54) is 78.4 Å². The molecule has 0 aliphatic rings. The van der Waals surface area contributed by atoms with Gasteiger partial charge in [-0.2, -0.15) is 0 Å². The predicted octanol–water partition coefficient (Wildman–Crippen LogP) is 28.6. The number of fused-ring (bicyclic) bond motifs is 9. The van der Waals surface area contributed by atoms with Crippen LogP contribution in [0.25, 0.3) is 186 Å². The average molecular weight is 1760 g/mol. The molecule has 0 atom stereocenters. The van der Waals surface area contributed by atoms with Gasteiger partial charge in [0.25, 0.3) is 0 Å². The van der Waals surface area contributed by atoms with Crippen molar-refractivity contribution in [2.75, 3.05) is 0 Å². The molecule has 0 radical (unpaired) electrons. The second-order valence-electron chi connectivity index (χ2n) is 26.8. The van der Waals surface area contributed by atoms with E-state index in [0.29, 0.717) is 37.5 Å². The van der Waals surface area contributed by atoms with Gasteiger partial charge in [0, 0.05) is 94.9 Å². The van der Waals surface area contributed by atoms with Crippen molar-refractivity contribution in [3.05, 3.63) is 383 Å². The molecule has 15 aromatic carbocycles. The lowest BCUT2D eigenvalue weighted by molar-refractivity contribution is 1.03. The maximum Gasteiger partial charge on any atom is 0.200 e. The zero-order valence-electron chi connectivity index (χ0n) is 60.4. The number of halogens is 4. The van der Waals surface area contributed by atoms with Crippen LogP contribution in [0.15, 0.2) is 383 Å². The Bertz CT molecular complexity index is 7100. The van der Waals surface area contributed by atoms with Gasteiger partial charge < -0.3 is 0 Å². The van der Waals surface area contributed by atoms with Crippen molar-refractivity contribution in [1.29, 1.82) is 0 Å². The highest BCUT2D eigenvalue weighted by Crippen LogP contribution is 2.41. The number of hydrogen-bond donors (Lipinski definition) is 0. The topological polar surface area (TPSA) is 129 Å². The van der Waals surface area contributed by atoms with Crippen molar-refractivity contribution in [2.24, 2.45) is 0 Å². The molecule has 0 saturated carbocycles. The molecule has 0 amide bonds. The lowest BCUT2D eigenvalue weighted by atomic mass is 9.99. The summed E-state index contributed by atoms with van der Waals surface area (Å²) in [6.07, 6.45) is 0. The second kappa shape index (κ2) is 33.1. The van der Waals surface area contributed by atoms with Crippen LogP contribution in [0, 0.1) is 0 Å². The highest BCUT2D eigenvalue weighted by atomic mass is 79.9. The summed E-state index contributed by atoms with van der Waals surface area (Å²) in [4.78, 5) is 46.5. The van der Waals surface area contributed by atoms with E-state index >= 15 is 0 Å². The summed E-state index contributed by atoms with van der Waals surface area (Å²) < 4.78 is 7.88. The van der Waals surface area contributed by atoms with Gasteiger partial charge in [-0.05, 0) is 152 Å². The average Bonchev–Trinajstić information content (AvgIpc) is 1.67. The summed E-state index contributed by atoms with van der Waals surface area (Å²) in [5, 5.41) is 12.1. The fraction of sp³-hybridized carbons (Fsp3) is 0. The molecular formula is C98H60Br4N10S2. The minimum atomic E-state index is 0.536. The normalized spacial score (nSPS) is 11.2. The van der Waals surface area contributed by atoms with E-state index in [9.17, 15) is 0 Å². The smallest absolute Gasteiger partial charge is 0.200 e. The number of hydrogen-bond acceptors (Lipinski definition) is 12. The van der Waals surface area contributed by atoms with Crippen LogP contribution >= 0.6 is 86.4 Å². The van der Waals surface area contributed by atoms with E-state index in [-0.39, 0.29) is 0 Å². The molecule has 21 rings (SSSR count). The summed E-state index contributed by atoms with van der Waals surface area (Å²) in [5.41, 5.74) is 15.3. The van der Waals surface area contributed by atoms with Crippen molar-refractivity contribution >= 4 is 159 Å². The van der Waals surface area contributed by atoms with E-state index < -0.39 is 0 Å². The minimum Gasteiger partial charge on any atom is -0.228 e. The highest BCUT2D eigenvalue weighted by Gasteiger charge is 2.18. The molecule has 0 N–H and O–H groups in total. The van der Waals surface area contributed by atoms with Crippen molar-refractivity contribution < 1.29 is 0 Å². The largest absolute Gasteiger partial charge is 0.228 e. The van der Waals surface area contributed by atoms with Gasteiger partial charge in [0.2, 0.25) is 9.47 Å². The monoisotopic (exact) mass is 1760 g/mol. The summed E-state index contributed by atoms with van der Waals surface area (Å²) >= 11 is 17.5. The number of thiophene rings is 2.